The maximum absolute atomic E-state index is 6.32. The molecule has 0 N–H and O–H groups in total. The van der Waals surface area contributed by atoms with Gasteiger partial charge < -0.3 is 0 Å². The summed E-state index contributed by atoms with van der Waals surface area (Å²) in [6.45, 7) is 9.04. The lowest BCUT2D eigenvalue weighted by molar-refractivity contribution is 0.797. The molecule has 0 rings (SSSR count). The number of rotatable bonds is 4. The Bertz CT molecular complexity index is 75.3. The minimum Gasteiger partial charge on any atom is -0.260 e. The van der Waals surface area contributed by atoms with E-state index < -0.39 is 13.2 Å². The van der Waals surface area contributed by atoms with E-state index in [-0.39, 0.29) is 0 Å². The average Bonchev–Trinajstić information content (AvgIpc) is 2.00. The summed E-state index contributed by atoms with van der Waals surface area (Å²) in [5, 5.41) is 0. The van der Waals surface area contributed by atoms with E-state index >= 15 is 0 Å². The summed E-state index contributed by atoms with van der Waals surface area (Å²) in [6, 6.07) is 0. The lowest BCUT2D eigenvalue weighted by atomic mass is 10.3. The highest BCUT2D eigenvalue weighted by Gasteiger charge is 2.26. The Morgan fingerprint density at radius 2 is 1.40 bits per heavy atom. The second-order valence-corrected chi connectivity index (χ2v) is 7.89. The lowest BCUT2D eigenvalue weighted by Gasteiger charge is -2.15. The Kier molecular flexibility index (Phi) is 5.92. The van der Waals surface area contributed by atoms with E-state index in [0.29, 0.717) is 0 Å². The van der Waals surface area contributed by atoms with Gasteiger partial charge in [-0.25, -0.2) is 0 Å². The fourth-order valence-corrected chi connectivity index (χ4v) is 4.10. The van der Waals surface area contributed by atoms with E-state index in [0.717, 1.165) is 9.56 Å². The molecule has 0 radical (unpaired) electrons. The topological polar surface area (TPSA) is 0 Å². The van der Waals surface area contributed by atoms with Gasteiger partial charge in [0.15, 0.2) is 0 Å². The minimum atomic E-state index is -0.918. The van der Waals surface area contributed by atoms with Gasteiger partial charge in [0, 0.05) is 0 Å². The van der Waals surface area contributed by atoms with Crippen LogP contribution in [0.5, 0.6) is 0 Å². The van der Waals surface area contributed by atoms with Gasteiger partial charge in [0.05, 0.1) is 0 Å². The Morgan fingerprint density at radius 3 is 1.60 bits per heavy atom. The third-order valence-electron chi connectivity index (χ3n) is 2.38. The fourth-order valence-electron chi connectivity index (χ4n) is 1.01. The van der Waals surface area contributed by atoms with E-state index in [1.165, 1.54) is 12.8 Å². The molecule has 0 aromatic heterocycles. The van der Waals surface area contributed by atoms with Crippen molar-refractivity contribution in [1.29, 1.82) is 0 Å². The molecule has 0 fully saturated rings. The number of hydrogen-bond donors (Lipinski definition) is 0. The lowest BCUT2D eigenvalue weighted by Crippen LogP contribution is -2.16. The van der Waals surface area contributed by atoms with Gasteiger partial charge >= 0.3 is 13.2 Å². The van der Waals surface area contributed by atoms with Gasteiger partial charge in [-0.3, -0.25) is 10.0 Å². The van der Waals surface area contributed by atoms with Crippen molar-refractivity contribution < 1.29 is 0 Å². The van der Waals surface area contributed by atoms with Gasteiger partial charge in [-0.05, 0) is 0 Å². The van der Waals surface area contributed by atoms with Crippen molar-refractivity contribution in [2.24, 2.45) is 0 Å². The van der Waals surface area contributed by atoms with Gasteiger partial charge in [-0.2, -0.15) is 0 Å². The third kappa shape index (κ3) is 3.28. The molecule has 0 aromatic carbocycles. The van der Waals surface area contributed by atoms with Crippen LogP contribution < -0.4 is 0 Å². The molecule has 0 aliphatic carbocycles. The van der Waals surface area contributed by atoms with Crippen LogP contribution in [-0.4, -0.2) is 13.2 Å². The van der Waals surface area contributed by atoms with Gasteiger partial charge in [0.2, 0.25) is 0 Å². The van der Waals surface area contributed by atoms with Crippen LogP contribution in [0.3, 0.4) is 0 Å². The quantitative estimate of drug-likeness (QED) is 0.572. The molecule has 60 valence electrons. The molecule has 2 atom stereocenters. The zero-order valence-electron chi connectivity index (χ0n) is 7.52. The molecular formula is C8H18AlCl. The van der Waals surface area contributed by atoms with Crippen molar-refractivity contribution in [2.45, 2.75) is 50.1 Å². The van der Waals surface area contributed by atoms with Crippen LogP contribution in [0.2, 0.25) is 9.56 Å². The smallest absolute Gasteiger partial charge is 0.260 e. The van der Waals surface area contributed by atoms with Crippen LogP contribution in [0.1, 0.15) is 40.5 Å². The van der Waals surface area contributed by atoms with Crippen molar-refractivity contribution >= 4 is 23.3 Å². The highest BCUT2D eigenvalue weighted by atomic mass is 35.6. The predicted molar refractivity (Wildman–Crippen MR) is 51.0 cm³/mol. The average molecular weight is 177 g/mol. The van der Waals surface area contributed by atoms with Crippen LogP contribution in [0.4, 0.5) is 0 Å². The summed E-state index contributed by atoms with van der Waals surface area (Å²) in [4.78, 5) is 0. The van der Waals surface area contributed by atoms with Crippen molar-refractivity contribution in [3.05, 3.63) is 0 Å². The molecule has 10 heavy (non-hydrogen) atoms. The molecule has 0 aromatic rings. The molecule has 0 heterocycles. The van der Waals surface area contributed by atoms with Gasteiger partial charge in [-0.1, -0.05) is 50.1 Å². The zero-order chi connectivity index (χ0) is 8.15. The summed E-state index contributed by atoms with van der Waals surface area (Å²) in [5.41, 5.74) is 0. The molecule has 0 aliphatic heterocycles. The van der Waals surface area contributed by atoms with Crippen LogP contribution in [0, 0.1) is 0 Å². The molecule has 0 aliphatic rings. The maximum Gasteiger partial charge on any atom is 0.405 e. The second-order valence-electron chi connectivity index (χ2n) is 3.22. The molecule has 0 saturated carbocycles. The third-order valence-corrected chi connectivity index (χ3v) is 8.07. The first kappa shape index (κ1) is 10.8. The first-order valence-electron chi connectivity index (χ1n) is 4.27. The fraction of sp³-hybridized carbons (Fsp3) is 1.00. The Morgan fingerprint density at radius 1 is 1.10 bits per heavy atom. The van der Waals surface area contributed by atoms with Crippen molar-refractivity contribution in [3.63, 3.8) is 0 Å². The summed E-state index contributed by atoms with van der Waals surface area (Å²) < 4.78 is 1.60. The number of hydrogen-bond acceptors (Lipinski definition) is 0. The van der Waals surface area contributed by atoms with Gasteiger partial charge in [0.1, 0.15) is 0 Å². The SMILES string of the molecule is CC[CH](C)[Al]([Cl])[CH](C)CC. The van der Waals surface area contributed by atoms with E-state index in [1.807, 2.05) is 0 Å². The highest BCUT2D eigenvalue weighted by Crippen LogP contribution is 2.28. The molecular weight excluding hydrogens is 159 g/mol. The maximum atomic E-state index is 6.32. The normalized spacial score (nSPS) is 16.5. The van der Waals surface area contributed by atoms with Crippen LogP contribution in [0.15, 0.2) is 0 Å². The van der Waals surface area contributed by atoms with Crippen LogP contribution >= 0.6 is 10.0 Å². The van der Waals surface area contributed by atoms with Gasteiger partial charge in [0.25, 0.3) is 0 Å². The Labute approximate surface area is 73.6 Å². The monoisotopic (exact) mass is 176 g/mol. The summed E-state index contributed by atoms with van der Waals surface area (Å²) in [7, 11) is 6.32. The molecule has 2 unspecified atom stereocenters. The van der Waals surface area contributed by atoms with Crippen LogP contribution in [-0.2, 0) is 0 Å². The molecule has 0 spiro atoms. The largest absolute Gasteiger partial charge is 0.405 e. The molecule has 0 bridgehead atoms. The molecule has 0 nitrogen and oxygen atoms in total. The summed E-state index contributed by atoms with van der Waals surface area (Å²) in [5.74, 6) is 0. The van der Waals surface area contributed by atoms with E-state index in [4.69, 9.17) is 10.0 Å². The first-order valence-corrected chi connectivity index (χ1v) is 7.35. The highest BCUT2D eigenvalue weighted by molar-refractivity contribution is 7.08. The first-order chi connectivity index (χ1) is 4.63. The summed E-state index contributed by atoms with van der Waals surface area (Å²) in [6.07, 6.45) is 2.51. The minimum absolute atomic E-state index is 0.802. The molecule has 2 heteroatoms. The number of halogens is 1. The Balaban J connectivity index is 3.69. The zero-order valence-corrected chi connectivity index (χ0v) is 9.43. The van der Waals surface area contributed by atoms with Crippen molar-refractivity contribution in [1.82, 2.24) is 0 Å². The molecule has 0 amide bonds. The van der Waals surface area contributed by atoms with Gasteiger partial charge in [-0.15, -0.1) is 0 Å². The Hall–Kier alpha value is 0.822. The van der Waals surface area contributed by atoms with Crippen molar-refractivity contribution in [3.8, 4) is 0 Å². The van der Waals surface area contributed by atoms with Crippen molar-refractivity contribution in [2.75, 3.05) is 0 Å². The second kappa shape index (κ2) is 5.47. The van der Waals surface area contributed by atoms with E-state index in [2.05, 4.69) is 27.7 Å². The standard InChI is InChI=1S/2C4H9.Al.ClH/c2*1-3-4-2;;/h2*3H,4H2,1-2H3;;1H/q;;+1;/p-1. The molecule has 0 saturated heterocycles. The van der Waals surface area contributed by atoms with Crippen LogP contribution in [0.25, 0.3) is 0 Å². The summed E-state index contributed by atoms with van der Waals surface area (Å²) >= 11 is -0.918. The predicted octanol–water partition coefficient (Wildman–Crippen LogP) is 3.82. The van der Waals surface area contributed by atoms with E-state index in [9.17, 15) is 0 Å². The van der Waals surface area contributed by atoms with E-state index in [1.54, 1.807) is 0 Å².